The lowest BCUT2D eigenvalue weighted by Gasteiger charge is -2.13. The first kappa shape index (κ1) is 21.2. The van der Waals surface area contributed by atoms with Crippen LogP contribution in [-0.2, 0) is 4.79 Å². The van der Waals surface area contributed by atoms with Crippen molar-refractivity contribution >= 4 is 28.9 Å². The van der Waals surface area contributed by atoms with Crippen LogP contribution < -0.4 is 10.6 Å². The topological polar surface area (TPSA) is 138 Å². The lowest BCUT2D eigenvalue weighted by atomic mass is 10.1. The SMILES string of the molecule is CC/C(=N\O)c1cc(C)c(Nc2ncncc2-c2cc(NC(=O)C3CC3F)ncn2)cn1. The number of anilines is 3. The van der Waals surface area contributed by atoms with Gasteiger partial charge in [0.25, 0.3) is 0 Å². The summed E-state index contributed by atoms with van der Waals surface area (Å²) >= 11 is 0. The van der Waals surface area contributed by atoms with Crippen LogP contribution in [0.1, 0.15) is 31.0 Å². The molecular formula is C21H21FN8O2. The van der Waals surface area contributed by atoms with Crippen LogP contribution in [-0.4, -0.2) is 47.9 Å². The second kappa shape index (κ2) is 9.00. The van der Waals surface area contributed by atoms with Gasteiger partial charge in [-0.15, -0.1) is 0 Å². The minimum atomic E-state index is -1.09. The number of oxime groups is 1. The number of aryl methyl sites for hydroxylation is 1. The molecule has 3 N–H and O–H groups in total. The van der Waals surface area contributed by atoms with Crippen LogP contribution in [0.4, 0.5) is 21.7 Å². The molecule has 4 rings (SSSR count). The second-order valence-corrected chi connectivity index (χ2v) is 7.33. The van der Waals surface area contributed by atoms with Gasteiger partial charge in [0, 0.05) is 12.3 Å². The molecule has 2 atom stereocenters. The van der Waals surface area contributed by atoms with Gasteiger partial charge in [0.15, 0.2) is 0 Å². The average molecular weight is 436 g/mol. The van der Waals surface area contributed by atoms with Gasteiger partial charge < -0.3 is 15.8 Å². The first-order valence-corrected chi connectivity index (χ1v) is 10.0. The minimum Gasteiger partial charge on any atom is -0.411 e. The first-order chi connectivity index (χ1) is 15.5. The molecule has 3 aromatic heterocycles. The number of amides is 1. The quantitative estimate of drug-likeness (QED) is 0.291. The van der Waals surface area contributed by atoms with Crippen LogP contribution in [0, 0.1) is 12.8 Å². The van der Waals surface area contributed by atoms with Crippen molar-refractivity contribution in [1.82, 2.24) is 24.9 Å². The molecule has 0 bridgehead atoms. The van der Waals surface area contributed by atoms with Crippen molar-refractivity contribution in [3.63, 3.8) is 0 Å². The third-order valence-corrected chi connectivity index (χ3v) is 5.07. The van der Waals surface area contributed by atoms with E-state index in [2.05, 4.69) is 40.7 Å². The zero-order chi connectivity index (χ0) is 22.7. The molecule has 1 fully saturated rings. The molecule has 1 aliphatic carbocycles. The normalized spacial score (nSPS) is 17.7. The first-order valence-electron chi connectivity index (χ1n) is 10.0. The van der Waals surface area contributed by atoms with E-state index in [0.717, 1.165) is 5.56 Å². The fraction of sp³-hybridized carbons (Fsp3) is 0.286. The van der Waals surface area contributed by atoms with Crippen LogP contribution >= 0.6 is 0 Å². The number of carbonyl (C=O) groups excluding carboxylic acids is 1. The molecule has 10 nitrogen and oxygen atoms in total. The van der Waals surface area contributed by atoms with Gasteiger partial charge >= 0.3 is 0 Å². The van der Waals surface area contributed by atoms with E-state index >= 15 is 0 Å². The Morgan fingerprint density at radius 3 is 2.72 bits per heavy atom. The van der Waals surface area contributed by atoms with Gasteiger partial charge in [0.05, 0.1) is 34.8 Å². The maximum Gasteiger partial charge on any atom is 0.231 e. The monoisotopic (exact) mass is 436 g/mol. The second-order valence-electron chi connectivity index (χ2n) is 7.33. The van der Waals surface area contributed by atoms with Crippen LogP contribution in [0.25, 0.3) is 11.3 Å². The van der Waals surface area contributed by atoms with Crippen LogP contribution in [0.2, 0.25) is 0 Å². The van der Waals surface area contributed by atoms with Crippen LogP contribution in [0.5, 0.6) is 0 Å². The highest BCUT2D eigenvalue weighted by Crippen LogP contribution is 2.35. The third kappa shape index (κ3) is 4.51. The van der Waals surface area contributed by atoms with Crippen molar-refractivity contribution in [3.05, 3.63) is 48.4 Å². The molecule has 11 heteroatoms. The molecule has 32 heavy (non-hydrogen) atoms. The number of alkyl halides is 1. The van der Waals surface area contributed by atoms with Crippen molar-refractivity contribution in [2.75, 3.05) is 10.6 Å². The largest absolute Gasteiger partial charge is 0.411 e. The van der Waals surface area contributed by atoms with E-state index in [1.807, 2.05) is 19.9 Å². The molecule has 2 unspecified atom stereocenters. The van der Waals surface area contributed by atoms with Crippen LogP contribution in [0.3, 0.4) is 0 Å². The summed E-state index contributed by atoms with van der Waals surface area (Å²) in [6.07, 6.45) is 5.62. The number of nitrogens with zero attached hydrogens (tertiary/aromatic N) is 6. The van der Waals surface area contributed by atoms with E-state index in [9.17, 15) is 9.18 Å². The molecule has 1 aliphatic rings. The number of pyridine rings is 1. The molecular weight excluding hydrogens is 415 g/mol. The lowest BCUT2D eigenvalue weighted by Crippen LogP contribution is -2.16. The van der Waals surface area contributed by atoms with Crippen molar-refractivity contribution in [2.24, 2.45) is 11.1 Å². The fourth-order valence-electron chi connectivity index (χ4n) is 3.12. The van der Waals surface area contributed by atoms with E-state index in [4.69, 9.17) is 5.21 Å². The Bertz CT molecular complexity index is 1190. The van der Waals surface area contributed by atoms with Gasteiger partial charge in [0.2, 0.25) is 5.91 Å². The number of hydrogen-bond acceptors (Lipinski definition) is 9. The highest BCUT2D eigenvalue weighted by molar-refractivity contribution is 5.98. The fourth-order valence-corrected chi connectivity index (χ4v) is 3.12. The minimum absolute atomic E-state index is 0.237. The Hall–Kier alpha value is -4.02. The van der Waals surface area contributed by atoms with Gasteiger partial charge in [-0.1, -0.05) is 12.1 Å². The van der Waals surface area contributed by atoms with Crippen molar-refractivity contribution < 1.29 is 14.4 Å². The Morgan fingerprint density at radius 1 is 1.22 bits per heavy atom. The van der Waals surface area contributed by atoms with Crippen LogP contribution in [0.15, 0.2) is 42.3 Å². The number of carbonyl (C=O) groups is 1. The number of aromatic nitrogens is 5. The molecule has 0 radical (unpaired) electrons. The Morgan fingerprint density at radius 2 is 2.03 bits per heavy atom. The summed E-state index contributed by atoms with van der Waals surface area (Å²) in [7, 11) is 0. The molecule has 3 aromatic rings. The summed E-state index contributed by atoms with van der Waals surface area (Å²) in [5, 5.41) is 18.2. The van der Waals surface area contributed by atoms with Gasteiger partial charge in [-0.05, 0) is 31.4 Å². The van der Waals surface area contributed by atoms with Gasteiger partial charge in [-0.25, -0.2) is 24.3 Å². The standard InChI is InChI=1S/C21H21FN8O2/c1-3-15(30-32)17-4-11(2)18(8-24-17)28-20-13(7-23-9-27-20)16-6-19(26-10-25-16)29-21(31)12-5-14(12)22/h4,6-10,12,14,32H,3,5H2,1-2H3,(H,23,27,28)(H,25,26,29,31)/b30-15+. The van der Waals surface area contributed by atoms with Crippen molar-refractivity contribution in [1.29, 1.82) is 0 Å². The van der Waals surface area contributed by atoms with Gasteiger partial charge in [-0.3, -0.25) is 9.78 Å². The lowest BCUT2D eigenvalue weighted by molar-refractivity contribution is -0.117. The molecule has 0 saturated heterocycles. The summed E-state index contributed by atoms with van der Waals surface area (Å²) < 4.78 is 13.1. The Labute approximate surface area is 183 Å². The van der Waals surface area contributed by atoms with E-state index in [-0.39, 0.29) is 12.2 Å². The summed E-state index contributed by atoms with van der Waals surface area (Å²) in [5.41, 5.74) is 3.71. The molecule has 1 amide bonds. The third-order valence-electron chi connectivity index (χ3n) is 5.07. The maximum atomic E-state index is 13.1. The van der Waals surface area contributed by atoms with Crippen molar-refractivity contribution in [3.8, 4) is 11.3 Å². The summed E-state index contributed by atoms with van der Waals surface area (Å²) in [4.78, 5) is 33.1. The molecule has 0 aliphatic heterocycles. The number of nitrogens with one attached hydrogen (secondary N) is 2. The predicted octanol–water partition coefficient (Wildman–Crippen LogP) is 3.27. The molecule has 164 valence electrons. The summed E-state index contributed by atoms with van der Waals surface area (Å²) in [6, 6.07) is 3.40. The molecule has 0 spiro atoms. The zero-order valence-electron chi connectivity index (χ0n) is 17.4. The van der Waals surface area contributed by atoms with Gasteiger partial charge in [-0.2, -0.15) is 0 Å². The molecule has 3 heterocycles. The van der Waals surface area contributed by atoms with Gasteiger partial charge in [0.1, 0.15) is 36.2 Å². The molecule has 0 aromatic carbocycles. The number of hydrogen-bond donors (Lipinski definition) is 3. The Balaban J connectivity index is 1.59. The highest BCUT2D eigenvalue weighted by Gasteiger charge is 2.43. The predicted molar refractivity (Wildman–Crippen MR) is 116 cm³/mol. The zero-order valence-corrected chi connectivity index (χ0v) is 17.4. The van der Waals surface area contributed by atoms with E-state index in [1.165, 1.54) is 12.7 Å². The van der Waals surface area contributed by atoms with E-state index in [1.54, 1.807) is 18.5 Å². The number of halogens is 1. The summed E-state index contributed by atoms with van der Waals surface area (Å²) in [6.45, 7) is 3.78. The highest BCUT2D eigenvalue weighted by atomic mass is 19.1. The van der Waals surface area contributed by atoms with E-state index in [0.29, 0.717) is 40.6 Å². The number of rotatable bonds is 7. The maximum absolute atomic E-state index is 13.1. The average Bonchev–Trinajstić information content (AvgIpc) is 3.54. The smallest absolute Gasteiger partial charge is 0.231 e. The molecule has 1 saturated carbocycles. The van der Waals surface area contributed by atoms with E-state index < -0.39 is 18.0 Å². The summed E-state index contributed by atoms with van der Waals surface area (Å²) in [5.74, 6) is -0.268. The Kier molecular flexibility index (Phi) is 5.97. The van der Waals surface area contributed by atoms with Crippen molar-refractivity contribution in [2.45, 2.75) is 32.9 Å².